The van der Waals surface area contributed by atoms with E-state index >= 15 is 0 Å². The molecule has 5 nitrogen and oxygen atoms in total. The zero-order chi connectivity index (χ0) is 23.9. The van der Waals surface area contributed by atoms with Gasteiger partial charge in [-0.25, -0.2) is 8.42 Å². The van der Waals surface area contributed by atoms with Crippen LogP contribution in [0.3, 0.4) is 0 Å². The molecule has 12 heteroatoms. The van der Waals surface area contributed by atoms with E-state index in [4.69, 9.17) is 4.74 Å². The van der Waals surface area contributed by atoms with Gasteiger partial charge in [0.25, 0.3) is 0 Å². The Hall–Kier alpha value is -2.60. The van der Waals surface area contributed by atoms with Crippen molar-refractivity contribution in [2.75, 3.05) is 6.61 Å². The maximum absolute atomic E-state index is 13.2. The summed E-state index contributed by atoms with van der Waals surface area (Å²) in [7, 11) is -4.39. The van der Waals surface area contributed by atoms with Crippen LogP contribution in [0, 0.1) is 0 Å². The number of sulfonamides is 1. The fraction of sp³-hybridized carbons (Fsp3) is 0.350. The number of hydrogen-bond donors (Lipinski definition) is 0. The maximum Gasteiger partial charge on any atom is 0.416 e. The zero-order valence-electron chi connectivity index (χ0n) is 16.5. The van der Waals surface area contributed by atoms with Crippen LogP contribution in [0.15, 0.2) is 47.4 Å². The van der Waals surface area contributed by atoms with Crippen LogP contribution in [0.4, 0.5) is 26.3 Å². The monoisotopic (exact) mass is 481 g/mol. The molecule has 0 saturated heterocycles. The molecule has 0 amide bonds. The van der Waals surface area contributed by atoms with Gasteiger partial charge in [0.2, 0.25) is 10.0 Å². The number of hydrogen-bond acceptors (Lipinski definition) is 4. The van der Waals surface area contributed by atoms with Crippen molar-refractivity contribution in [3.8, 4) is 0 Å². The standard InChI is InChI=1S/C20H17F6NO4S/c1-2-31-18(28)10-16-15-9-14(20(24,25)26)6-7-17(15)32(29,30)27(16)11-12-4-3-5-13(8-12)19(21,22)23/h3-9,16H,2,10-11H2,1H3/t16-/m0/s1. The summed E-state index contributed by atoms with van der Waals surface area (Å²) in [5, 5.41) is 0. The molecule has 0 N–H and O–H groups in total. The lowest BCUT2D eigenvalue weighted by Gasteiger charge is -2.23. The lowest BCUT2D eigenvalue weighted by molar-refractivity contribution is -0.144. The fourth-order valence-electron chi connectivity index (χ4n) is 3.48. The summed E-state index contributed by atoms with van der Waals surface area (Å²) in [5.41, 5.74) is -2.42. The minimum atomic E-state index is -4.76. The quantitative estimate of drug-likeness (QED) is 0.449. The smallest absolute Gasteiger partial charge is 0.416 e. The van der Waals surface area contributed by atoms with Crippen molar-refractivity contribution in [1.29, 1.82) is 0 Å². The van der Waals surface area contributed by atoms with Crippen LogP contribution in [0.2, 0.25) is 0 Å². The lowest BCUT2D eigenvalue weighted by atomic mass is 10.0. The second-order valence-electron chi connectivity index (χ2n) is 7.02. The maximum atomic E-state index is 13.2. The summed E-state index contributed by atoms with van der Waals surface area (Å²) in [6.45, 7) is 0.882. The van der Waals surface area contributed by atoms with Crippen molar-refractivity contribution in [2.45, 2.75) is 43.2 Å². The molecular formula is C20H17F6NO4S. The van der Waals surface area contributed by atoms with Gasteiger partial charge >= 0.3 is 18.3 Å². The van der Waals surface area contributed by atoms with Gasteiger partial charge in [0.1, 0.15) is 0 Å². The number of alkyl halides is 6. The van der Waals surface area contributed by atoms with Crippen molar-refractivity contribution >= 4 is 16.0 Å². The average Bonchev–Trinajstić information content (AvgIpc) is 2.88. The number of ether oxygens (including phenoxy) is 1. The number of fused-ring (bicyclic) bond motifs is 1. The Morgan fingerprint density at radius 2 is 1.62 bits per heavy atom. The van der Waals surface area contributed by atoms with Crippen LogP contribution in [0.25, 0.3) is 0 Å². The molecule has 1 aliphatic heterocycles. The molecule has 1 aliphatic rings. The molecule has 0 unspecified atom stereocenters. The van der Waals surface area contributed by atoms with Crippen LogP contribution in [0.1, 0.15) is 41.6 Å². The molecule has 0 bridgehead atoms. The molecule has 32 heavy (non-hydrogen) atoms. The average molecular weight is 481 g/mol. The van der Waals surface area contributed by atoms with E-state index in [1.165, 1.54) is 13.0 Å². The van der Waals surface area contributed by atoms with E-state index < -0.39 is 63.4 Å². The normalized spacial score (nSPS) is 18.4. The van der Waals surface area contributed by atoms with E-state index in [1.807, 2.05) is 0 Å². The van der Waals surface area contributed by atoms with Gasteiger partial charge in [-0.1, -0.05) is 18.2 Å². The first-order chi connectivity index (χ1) is 14.7. The fourth-order valence-corrected chi connectivity index (χ4v) is 5.31. The summed E-state index contributed by atoms with van der Waals surface area (Å²) in [5.74, 6) is -0.855. The molecule has 0 radical (unpaired) electrons. The molecule has 2 aromatic rings. The van der Waals surface area contributed by atoms with E-state index in [2.05, 4.69) is 0 Å². The summed E-state index contributed by atoms with van der Waals surface area (Å²) in [6.07, 6.45) is -10.0. The molecule has 0 saturated carbocycles. The van der Waals surface area contributed by atoms with Crippen LogP contribution >= 0.6 is 0 Å². The minimum Gasteiger partial charge on any atom is -0.466 e. The molecule has 0 aliphatic carbocycles. The van der Waals surface area contributed by atoms with Gasteiger partial charge in [0, 0.05) is 6.54 Å². The highest BCUT2D eigenvalue weighted by molar-refractivity contribution is 7.89. The Labute approximate surface area is 179 Å². The highest BCUT2D eigenvalue weighted by atomic mass is 32.2. The highest BCUT2D eigenvalue weighted by Crippen LogP contribution is 2.45. The van der Waals surface area contributed by atoms with E-state index in [1.54, 1.807) is 0 Å². The Bertz CT molecular complexity index is 1130. The first-order valence-electron chi connectivity index (χ1n) is 9.30. The van der Waals surface area contributed by atoms with Crippen molar-refractivity contribution in [2.24, 2.45) is 0 Å². The predicted octanol–water partition coefficient (Wildman–Crippen LogP) is 4.92. The number of halogens is 6. The molecule has 0 aromatic heterocycles. The third kappa shape index (κ3) is 4.75. The van der Waals surface area contributed by atoms with Crippen LogP contribution in [-0.4, -0.2) is 25.3 Å². The second kappa shape index (κ2) is 8.39. The zero-order valence-corrected chi connectivity index (χ0v) is 17.3. The van der Waals surface area contributed by atoms with Gasteiger partial charge in [-0.15, -0.1) is 0 Å². The SMILES string of the molecule is CCOC(=O)C[C@H]1c2cc(C(F)(F)F)ccc2S(=O)(=O)N1Cc1cccc(C(F)(F)F)c1. The van der Waals surface area contributed by atoms with Crippen LogP contribution in [-0.2, 0) is 38.5 Å². The number of benzene rings is 2. The molecule has 0 spiro atoms. The third-order valence-corrected chi connectivity index (χ3v) is 6.82. The predicted molar refractivity (Wildman–Crippen MR) is 99.6 cm³/mol. The number of nitrogens with zero attached hydrogens (tertiary/aromatic N) is 1. The second-order valence-corrected chi connectivity index (χ2v) is 8.88. The van der Waals surface area contributed by atoms with Gasteiger partial charge in [-0.05, 0) is 42.3 Å². The first kappa shape index (κ1) is 24.1. The van der Waals surface area contributed by atoms with Gasteiger partial charge in [-0.2, -0.15) is 30.6 Å². The summed E-state index contributed by atoms with van der Waals surface area (Å²) in [4.78, 5) is 11.6. The molecule has 0 fully saturated rings. The van der Waals surface area contributed by atoms with Crippen LogP contribution < -0.4 is 0 Å². The highest BCUT2D eigenvalue weighted by Gasteiger charge is 2.45. The number of carbonyl (C=O) groups excluding carboxylic acids is 1. The van der Waals surface area contributed by atoms with Crippen molar-refractivity contribution in [1.82, 2.24) is 4.31 Å². The van der Waals surface area contributed by atoms with E-state index in [0.717, 1.165) is 28.6 Å². The summed E-state index contributed by atoms with van der Waals surface area (Å²) < 4.78 is 110. The Morgan fingerprint density at radius 1 is 1.00 bits per heavy atom. The largest absolute Gasteiger partial charge is 0.466 e. The lowest BCUT2D eigenvalue weighted by Crippen LogP contribution is -2.30. The molecular weight excluding hydrogens is 464 g/mol. The molecule has 2 aromatic carbocycles. The van der Waals surface area contributed by atoms with Crippen molar-refractivity contribution in [3.05, 3.63) is 64.7 Å². The van der Waals surface area contributed by atoms with Crippen molar-refractivity contribution < 1.29 is 44.3 Å². The molecule has 174 valence electrons. The molecule has 1 heterocycles. The van der Waals surface area contributed by atoms with E-state index in [0.29, 0.717) is 12.1 Å². The number of carbonyl (C=O) groups is 1. The summed E-state index contributed by atoms with van der Waals surface area (Å²) >= 11 is 0. The van der Waals surface area contributed by atoms with Gasteiger partial charge in [-0.3, -0.25) is 4.79 Å². The number of rotatable bonds is 5. The van der Waals surface area contributed by atoms with Gasteiger partial charge < -0.3 is 4.74 Å². The topological polar surface area (TPSA) is 63.7 Å². The van der Waals surface area contributed by atoms with Gasteiger partial charge in [0.15, 0.2) is 0 Å². The minimum absolute atomic E-state index is 0.0403. The Morgan fingerprint density at radius 3 is 2.22 bits per heavy atom. The van der Waals surface area contributed by atoms with Crippen LogP contribution in [0.5, 0.6) is 0 Å². The Kier molecular flexibility index (Phi) is 6.31. The molecule has 3 rings (SSSR count). The first-order valence-corrected chi connectivity index (χ1v) is 10.7. The van der Waals surface area contributed by atoms with Gasteiger partial charge in [0.05, 0.1) is 35.1 Å². The van der Waals surface area contributed by atoms with E-state index in [9.17, 15) is 39.6 Å². The Balaban J connectivity index is 2.08. The van der Waals surface area contributed by atoms with E-state index in [-0.39, 0.29) is 17.7 Å². The van der Waals surface area contributed by atoms with Crippen molar-refractivity contribution in [3.63, 3.8) is 0 Å². The summed E-state index contributed by atoms with van der Waals surface area (Å²) in [6, 6.07) is 4.58. The third-order valence-electron chi connectivity index (χ3n) is 4.89. The molecule has 1 atom stereocenters. The number of esters is 1.